The summed E-state index contributed by atoms with van der Waals surface area (Å²) in [7, 11) is -3.30. The molecule has 1 N–H and O–H groups in total. The van der Waals surface area contributed by atoms with Crippen molar-refractivity contribution in [1.82, 2.24) is 9.62 Å². The number of carbonyl (C=O) groups excluding carboxylic acids is 1. The van der Waals surface area contributed by atoms with E-state index in [2.05, 4.69) is 11.6 Å². The van der Waals surface area contributed by atoms with Crippen molar-refractivity contribution in [2.45, 2.75) is 58.4 Å². The highest BCUT2D eigenvalue weighted by Crippen LogP contribution is 2.19. The number of amides is 1. The van der Waals surface area contributed by atoms with Gasteiger partial charge in [-0.15, -0.1) is 0 Å². The number of sulfonamides is 1. The lowest BCUT2D eigenvalue weighted by Crippen LogP contribution is -2.48. The van der Waals surface area contributed by atoms with Crippen molar-refractivity contribution < 1.29 is 13.2 Å². The summed E-state index contributed by atoms with van der Waals surface area (Å²) in [4.78, 5) is 13.9. The number of hydrogen-bond donors (Lipinski definition) is 1. The lowest BCUT2D eigenvalue weighted by atomic mass is 10.00. The van der Waals surface area contributed by atoms with Crippen molar-refractivity contribution in [1.29, 1.82) is 0 Å². The van der Waals surface area contributed by atoms with Gasteiger partial charge < -0.3 is 4.90 Å². The van der Waals surface area contributed by atoms with E-state index in [1.807, 2.05) is 11.8 Å². The predicted molar refractivity (Wildman–Crippen MR) is 76.3 cm³/mol. The number of likely N-dealkylation sites (tertiary alicyclic amines) is 1. The van der Waals surface area contributed by atoms with Crippen molar-refractivity contribution in [3.05, 3.63) is 0 Å². The molecular weight excluding hydrogens is 264 g/mol. The lowest BCUT2D eigenvalue weighted by Gasteiger charge is -2.35. The Balaban J connectivity index is 2.45. The molecule has 1 saturated heterocycles. The third-order valence-electron chi connectivity index (χ3n) is 3.63. The lowest BCUT2D eigenvalue weighted by molar-refractivity contribution is -0.133. The Labute approximate surface area is 116 Å². The average Bonchev–Trinajstić information content (AvgIpc) is 2.42. The van der Waals surface area contributed by atoms with Crippen molar-refractivity contribution in [3.63, 3.8) is 0 Å². The van der Waals surface area contributed by atoms with Crippen LogP contribution in [-0.2, 0) is 14.8 Å². The first-order chi connectivity index (χ1) is 9.00. The highest BCUT2D eigenvalue weighted by atomic mass is 32.2. The molecule has 19 heavy (non-hydrogen) atoms. The fraction of sp³-hybridized carbons (Fsp3) is 0.923. The van der Waals surface area contributed by atoms with Crippen LogP contribution >= 0.6 is 0 Å². The second-order valence-electron chi connectivity index (χ2n) is 5.14. The number of rotatable bonds is 7. The maximum atomic E-state index is 12.1. The Kier molecular flexibility index (Phi) is 6.79. The van der Waals surface area contributed by atoms with Gasteiger partial charge in [0.1, 0.15) is 0 Å². The summed E-state index contributed by atoms with van der Waals surface area (Å²) in [6.07, 6.45) is 5.61. The molecule has 0 aliphatic carbocycles. The van der Waals surface area contributed by atoms with E-state index in [4.69, 9.17) is 0 Å². The van der Waals surface area contributed by atoms with Crippen LogP contribution in [0, 0.1) is 0 Å². The Hall–Kier alpha value is -0.620. The molecule has 6 heteroatoms. The number of unbranched alkanes of at least 4 members (excludes halogenated alkanes) is 1. The van der Waals surface area contributed by atoms with Gasteiger partial charge in [0, 0.05) is 12.6 Å². The molecule has 1 amide bonds. The highest BCUT2D eigenvalue weighted by molar-refractivity contribution is 7.89. The van der Waals surface area contributed by atoms with E-state index >= 15 is 0 Å². The smallest absolute Gasteiger partial charge is 0.237 e. The largest absolute Gasteiger partial charge is 0.339 e. The minimum Gasteiger partial charge on any atom is -0.339 e. The van der Waals surface area contributed by atoms with Crippen LogP contribution in [0.4, 0.5) is 0 Å². The molecule has 0 saturated carbocycles. The topological polar surface area (TPSA) is 66.5 Å². The van der Waals surface area contributed by atoms with Gasteiger partial charge in [0.15, 0.2) is 0 Å². The van der Waals surface area contributed by atoms with E-state index in [1.165, 1.54) is 0 Å². The molecule has 0 bridgehead atoms. The van der Waals surface area contributed by atoms with Crippen molar-refractivity contribution in [3.8, 4) is 0 Å². The molecule has 0 spiro atoms. The van der Waals surface area contributed by atoms with Gasteiger partial charge in [-0.3, -0.25) is 4.79 Å². The minimum atomic E-state index is -3.30. The summed E-state index contributed by atoms with van der Waals surface area (Å²) in [6.45, 7) is 4.68. The summed E-state index contributed by atoms with van der Waals surface area (Å²) < 4.78 is 25.7. The van der Waals surface area contributed by atoms with Crippen LogP contribution in [0.15, 0.2) is 0 Å². The third kappa shape index (κ3) is 5.48. The molecule has 1 unspecified atom stereocenters. The highest BCUT2D eigenvalue weighted by Gasteiger charge is 2.25. The normalized spacial score (nSPS) is 20.5. The molecule has 0 aromatic rings. The average molecular weight is 290 g/mol. The van der Waals surface area contributed by atoms with Gasteiger partial charge >= 0.3 is 0 Å². The molecule has 112 valence electrons. The van der Waals surface area contributed by atoms with E-state index in [-0.39, 0.29) is 24.2 Å². The molecule has 1 rings (SSSR count). The van der Waals surface area contributed by atoms with Crippen LogP contribution in [-0.4, -0.2) is 44.1 Å². The zero-order valence-electron chi connectivity index (χ0n) is 12.0. The number of hydrogen-bond acceptors (Lipinski definition) is 3. The van der Waals surface area contributed by atoms with Gasteiger partial charge in [-0.05, 0) is 32.1 Å². The molecule has 0 aromatic heterocycles. The summed E-state index contributed by atoms with van der Waals surface area (Å²) in [5.74, 6) is 0.0141. The summed E-state index contributed by atoms with van der Waals surface area (Å²) >= 11 is 0. The fourth-order valence-electron chi connectivity index (χ4n) is 2.43. The maximum absolute atomic E-state index is 12.1. The van der Waals surface area contributed by atoms with Gasteiger partial charge in [-0.2, -0.15) is 0 Å². The SMILES string of the molecule is CCCCS(=O)(=O)NCC(=O)N1CCCCC1CC. The predicted octanol–water partition coefficient (Wildman–Crippen LogP) is 1.50. The van der Waals surface area contributed by atoms with E-state index < -0.39 is 10.0 Å². The molecule has 0 radical (unpaired) electrons. The quantitative estimate of drug-likeness (QED) is 0.772. The zero-order valence-corrected chi connectivity index (χ0v) is 12.8. The van der Waals surface area contributed by atoms with Gasteiger partial charge in [0.05, 0.1) is 12.3 Å². The number of nitrogens with one attached hydrogen (secondary N) is 1. The van der Waals surface area contributed by atoms with E-state index in [9.17, 15) is 13.2 Å². The Morgan fingerprint density at radius 1 is 1.32 bits per heavy atom. The van der Waals surface area contributed by atoms with E-state index in [0.717, 1.165) is 38.6 Å². The van der Waals surface area contributed by atoms with Crippen LogP contribution in [0.1, 0.15) is 52.4 Å². The molecule has 0 aromatic carbocycles. The van der Waals surface area contributed by atoms with Gasteiger partial charge in [-0.1, -0.05) is 20.3 Å². The van der Waals surface area contributed by atoms with Crippen LogP contribution in [0.2, 0.25) is 0 Å². The molecule has 1 aliphatic heterocycles. The first kappa shape index (κ1) is 16.4. The molecular formula is C13H26N2O3S. The molecule has 1 aliphatic rings. The van der Waals surface area contributed by atoms with Crippen molar-refractivity contribution in [2.75, 3.05) is 18.8 Å². The van der Waals surface area contributed by atoms with Gasteiger partial charge in [0.2, 0.25) is 15.9 Å². The number of nitrogens with zero attached hydrogens (tertiary/aromatic N) is 1. The van der Waals surface area contributed by atoms with Crippen LogP contribution in [0.3, 0.4) is 0 Å². The summed E-state index contributed by atoms with van der Waals surface area (Å²) in [5, 5.41) is 0. The minimum absolute atomic E-state index is 0.0911. The molecule has 1 atom stereocenters. The van der Waals surface area contributed by atoms with Crippen molar-refractivity contribution in [2.24, 2.45) is 0 Å². The Morgan fingerprint density at radius 3 is 2.68 bits per heavy atom. The zero-order chi connectivity index (χ0) is 14.3. The van der Waals surface area contributed by atoms with Gasteiger partial charge in [0.25, 0.3) is 0 Å². The Morgan fingerprint density at radius 2 is 2.05 bits per heavy atom. The van der Waals surface area contributed by atoms with Gasteiger partial charge in [-0.25, -0.2) is 13.1 Å². The van der Waals surface area contributed by atoms with E-state index in [0.29, 0.717) is 6.42 Å². The summed E-state index contributed by atoms with van der Waals surface area (Å²) in [6, 6.07) is 0.279. The van der Waals surface area contributed by atoms with Crippen LogP contribution < -0.4 is 4.72 Å². The number of carbonyl (C=O) groups is 1. The molecule has 1 fully saturated rings. The second-order valence-corrected chi connectivity index (χ2v) is 7.06. The third-order valence-corrected chi connectivity index (χ3v) is 5.04. The first-order valence-corrected chi connectivity index (χ1v) is 8.92. The summed E-state index contributed by atoms with van der Waals surface area (Å²) in [5.41, 5.74) is 0. The fourth-order valence-corrected chi connectivity index (χ4v) is 3.59. The monoisotopic (exact) mass is 290 g/mol. The Bertz CT molecular complexity index is 381. The second kappa shape index (κ2) is 7.85. The number of piperidine rings is 1. The molecule has 5 nitrogen and oxygen atoms in total. The van der Waals surface area contributed by atoms with E-state index in [1.54, 1.807) is 0 Å². The van der Waals surface area contributed by atoms with Crippen molar-refractivity contribution >= 4 is 15.9 Å². The van der Waals surface area contributed by atoms with Crippen LogP contribution in [0.25, 0.3) is 0 Å². The first-order valence-electron chi connectivity index (χ1n) is 7.27. The van der Waals surface area contributed by atoms with Crippen LogP contribution in [0.5, 0.6) is 0 Å². The molecule has 1 heterocycles. The maximum Gasteiger partial charge on any atom is 0.237 e. The standard InChI is InChI=1S/C13H26N2O3S/c1-3-5-10-19(17,18)14-11-13(16)15-9-7-6-8-12(15)4-2/h12,14H,3-11H2,1-2H3.